The third-order valence-corrected chi connectivity index (χ3v) is 3.37. The maximum Gasteiger partial charge on any atom is 0.0897 e. The first kappa shape index (κ1) is 15.2. The van der Waals surface area contributed by atoms with E-state index in [4.69, 9.17) is 4.74 Å². The Morgan fingerprint density at radius 2 is 1.78 bits per heavy atom. The molecule has 0 fully saturated rings. The molecular formula is C15H25NO2. The van der Waals surface area contributed by atoms with Crippen molar-refractivity contribution in [3.63, 3.8) is 0 Å². The van der Waals surface area contributed by atoms with Crippen molar-refractivity contribution in [2.45, 2.75) is 39.8 Å². The molecule has 0 radical (unpaired) electrons. The first-order chi connectivity index (χ1) is 8.45. The predicted molar refractivity (Wildman–Crippen MR) is 75.0 cm³/mol. The van der Waals surface area contributed by atoms with Gasteiger partial charge in [-0.2, -0.15) is 0 Å². The summed E-state index contributed by atoms with van der Waals surface area (Å²) >= 11 is 0. The summed E-state index contributed by atoms with van der Waals surface area (Å²) in [5, 5.41) is 13.0. The molecule has 0 aliphatic rings. The van der Waals surface area contributed by atoms with Crippen molar-refractivity contribution >= 4 is 0 Å². The molecule has 2 atom stereocenters. The molecule has 3 heteroatoms. The maximum absolute atomic E-state index is 9.63. The Kier molecular flexibility index (Phi) is 5.79. The van der Waals surface area contributed by atoms with Crippen molar-refractivity contribution in [2.75, 3.05) is 20.3 Å². The second kappa shape index (κ2) is 6.88. The zero-order valence-electron chi connectivity index (χ0n) is 12.1. The lowest BCUT2D eigenvalue weighted by atomic mass is 9.96. The Labute approximate surface area is 110 Å². The summed E-state index contributed by atoms with van der Waals surface area (Å²) in [7, 11) is 1.60. The van der Waals surface area contributed by atoms with Gasteiger partial charge in [0.1, 0.15) is 0 Å². The standard InChI is InChI=1S/C15H25NO2/c1-10-6-12(3)15(7-11(10)2)13(4)16-8-14(17)9-18-5/h6-7,13-14,16-17H,8-9H2,1-5H3. The molecule has 0 aliphatic carbocycles. The highest BCUT2D eigenvalue weighted by Crippen LogP contribution is 2.21. The smallest absolute Gasteiger partial charge is 0.0897 e. The second-order valence-corrected chi connectivity index (χ2v) is 5.03. The zero-order valence-corrected chi connectivity index (χ0v) is 12.1. The largest absolute Gasteiger partial charge is 0.389 e. The van der Waals surface area contributed by atoms with Gasteiger partial charge >= 0.3 is 0 Å². The van der Waals surface area contributed by atoms with Gasteiger partial charge in [0.15, 0.2) is 0 Å². The third-order valence-electron chi connectivity index (χ3n) is 3.37. The molecule has 0 spiro atoms. The average Bonchev–Trinajstić information content (AvgIpc) is 2.31. The summed E-state index contributed by atoms with van der Waals surface area (Å²) in [6.07, 6.45) is -0.454. The van der Waals surface area contributed by atoms with Crippen LogP contribution in [-0.2, 0) is 4.74 Å². The predicted octanol–water partition coefficient (Wildman–Crippen LogP) is 2.27. The number of benzene rings is 1. The van der Waals surface area contributed by atoms with Crippen LogP contribution in [0.3, 0.4) is 0 Å². The van der Waals surface area contributed by atoms with Crippen LogP contribution in [0.15, 0.2) is 12.1 Å². The summed E-state index contributed by atoms with van der Waals surface area (Å²) in [6.45, 7) is 9.42. The topological polar surface area (TPSA) is 41.5 Å². The Bertz CT molecular complexity index is 390. The van der Waals surface area contributed by atoms with Gasteiger partial charge in [0.25, 0.3) is 0 Å². The summed E-state index contributed by atoms with van der Waals surface area (Å²) < 4.78 is 4.91. The van der Waals surface area contributed by atoms with Crippen LogP contribution in [0.25, 0.3) is 0 Å². The van der Waals surface area contributed by atoms with E-state index in [-0.39, 0.29) is 6.04 Å². The van der Waals surface area contributed by atoms with Gasteiger partial charge in [0.2, 0.25) is 0 Å². The molecule has 1 aromatic carbocycles. The summed E-state index contributed by atoms with van der Waals surface area (Å²) in [5.41, 5.74) is 5.21. The Morgan fingerprint density at radius 1 is 1.17 bits per heavy atom. The number of nitrogens with one attached hydrogen (secondary N) is 1. The number of methoxy groups -OCH3 is 1. The molecule has 0 aromatic heterocycles. The molecule has 1 rings (SSSR count). The van der Waals surface area contributed by atoms with Gasteiger partial charge in [-0.25, -0.2) is 0 Å². The van der Waals surface area contributed by atoms with E-state index in [0.717, 1.165) is 0 Å². The lowest BCUT2D eigenvalue weighted by molar-refractivity contribution is 0.0630. The van der Waals surface area contributed by atoms with Crippen molar-refractivity contribution in [1.29, 1.82) is 0 Å². The van der Waals surface area contributed by atoms with Crippen molar-refractivity contribution in [3.8, 4) is 0 Å². The number of aliphatic hydroxyl groups excluding tert-OH is 1. The van der Waals surface area contributed by atoms with Crippen LogP contribution in [0.4, 0.5) is 0 Å². The van der Waals surface area contributed by atoms with Crippen molar-refractivity contribution in [3.05, 3.63) is 34.4 Å². The number of aryl methyl sites for hydroxylation is 3. The molecule has 2 unspecified atom stereocenters. The first-order valence-corrected chi connectivity index (χ1v) is 6.43. The van der Waals surface area contributed by atoms with E-state index in [2.05, 4.69) is 45.1 Å². The molecule has 0 saturated heterocycles. The molecule has 2 N–H and O–H groups in total. The molecule has 102 valence electrons. The average molecular weight is 251 g/mol. The second-order valence-electron chi connectivity index (χ2n) is 5.03. The number of hydrogen-bond donors (Lipinski definition) is 2. The fourth-order valence-electron chi connectivity index (χ4n) is 2.12. The number of ether oxygens (including phenoxy) is 1. The molecule has 0 amide bonds. The van der Waals surface area contributed by atoms with E-state index in [1.165, 1.54) is 22.3 Å². The monoisotopic (exact) mass is 251 g/mol. The third kappa shape index (κ3) is 4.09. The van der Waals surface area contributed by atoms with Gasteiger partial charge in [-0.3, -0.25) is 0 Å². The van der Waals surface area contributed by atoms with E-state index in [9.17, 15) is 5.11 Å². The molecular weight excluding hydrogens is 226 g/mol. The van der Waals surface area contributed by atoms with Crippen LogP contribution in [0.5, 0.6) is 0 Å². The zero-order chi connectivity index (χ0) is 13.7. The van der Waals surface area contributed by atoms with Gasteiger partial charge in [-0.15, -0.1) is 0 Å². The van der Waals surface area contributed by atoms with Crippen molar-refractivity contribution < 1.29 is 9.84 Å². The van der Waals surface area contributed by atoms with Crippen LogP contribution < -0.4 is 5.32 Å². The van der Waals surface area contributed by atoms with Gasteiger partial charge < -0.3 is 15.2 Å². The molecule has 1 aromatic rings. The Balaban J connectivity index is 2.66. The maximum atomic E-state index is 9.63. The van der Waals surface area contributed by atoms with Crippen molar-refractivity contribution in [2.24, 2.45) is 0 Å². The molecule has 3 nitrogen and oxygen atoms in total. The van der Waals surface area contributed by atoms with Crippen LogP contribution >= 0.6 is 0 Å². The van der Waals surface area contributed by atoms with Crippen LogP contribution in [-0.4, -0.2) is 31.5 Å². The van der Waals surface area contributed by atoms with Gasteiger partial charge in [-0.05, 0) is 49.9 Å². The van der Waals surface area contributed by atoms with E-state index in [1.807, 2.05) is 0 Å². The van der Waals surface area contributed by atoms with Gasteiger partial charge in [-0.1, -0.05) is 12.1 Å². The van der Waals surface area contributed by atoms with E-state index >= 15 is 0 Å². The van der Waals surface area contributed by atoms with E-state index < -0.39 is 6.10 Å². The fourth-order valence-corrected chi connectivity index (χ4v) is 2.12. The fraction of sp³-hybridized carbons (Fsp3) is 0.600. The normalized spacial score (nSPS) is 14.6. The Hall–Kier alpha value is -0.900. The summed E-state index contributed by atoms with van der Waals surface area (Å²) in [4.78, 5) is 0. The highest BCUT2D eigenvalue weighted by molar-refractivity contribution is 5.37. The van der Waals surface area contributed by atoms with E-state index in [1.54, 1.807) is 7.11 Å². The molecule has 0 saturated carbocycles. The summed E-state index contributed by atoms with van der Waals surface area (Å²) in [5.74, 6) is 0. The molecule has 0 aliphatic heterocycles. The minimum atomic E-state index is -0.454. The molecule has 0 heterocycles. The van der Waals surface area contributed by atoms with Crippen LogP contribution in [0.1, 0.15) is 35.2 Å². The minimum absolute atomic E-state index is 0.232. The lowest BCUT2D eigenvalue weighted by Crippen LogP contribution is -2.32. The SMILES string of the molecule is COCC(O)CNC(C)c1cc(C)c(C)cc1C. The number of rotatable bonds is 6. The highest BCUT2D eigenvalue weighted by Gasteiger charge is 2.11. The molecule has 0 bridgehead atoms. The van der Waals surface area contributed by atoms with Gasteiger partial charge in [0, 0.05) is 19.7 Å². The summed E-state index contributed by atoms with van der Waals surface area (Å²) in [6, 6.07) is 4.68. The quantitative estimate of drug-likeness (QED) is 0.815. The van der Waals surface area contributed by atoms with Crippen LogP contribution in [0, 0.1) is 20.8 Å². The van der Waals surface area contributed by atoms with Crippen LogP contribution in [0.2, 0.25) is 0 Å². The first-order valence-electron chi connectivity index (χ1n) is 6.43. The lowest BCUT2D eigenvalue weighted by Gasteiger charge is -2.20. The Morgan fingerprint density at radius 3 is 2.39 bits per heavy atom. The molecule has 18 heavy (non-hydrogen) atoms. The number of hydrogen-bond acceptors (Lipinski definition) is 3. The number of aliphatic hydroxyl groups is 1. The van der Waals surface area contributed by atoms with Gasteiger partial charge in [0.05, 0.1) is 12.7 Å². The highest BCUT2D eigenvalue weighted by atomic mass is 16.5. The van der Waals surface area contributed by atoms with E-state index in [0.29, 0.717) is 13.2 Å². The van der Waals surface area contributed by atoms with Crippen molar-refractivity contribution in [1.82, 2.24) is 5.32 Å². The minimum Gasteiger partial charge on any atom is -0.389 e.